The first-order chi connectivity index (χ1) is 18.3. The summed E-state index contributed by atoms with van der Waals surface area (Å²) in [7, 11) is 1.39. The van der Waals surface area contributed by atoms with Gasteiger partial charge in [-0.3, -0.25) is 14.5 Å². The predicted molar refractivity (Wildman–Crippen MR) is 152 cm³/mol. The van der Waals surface area contributed by atoms with Crippen molar-refractivity contribution in [3.8, 4) is 11.5 Å². The molecule has 5 rings (SSSR count). The molecule has 1 aliphatic heterocycles. The Labute approximate surface area is 242 Å². The van der Waals surface area contributed by atoms with E-state index in [0.29, 0.717) is 30.0 Å². The van der Waals surface area contributed by atoms with E-state index in [0.717, 1.165) is 16.9 Å². The van der Waals surface area contributed by atoms with Crippen LogP contribution in [0.5, 0.6) is 11.5 Å². The summed E-state index contributed by atoms with van der Waals surface area (Å²) in [5.74, 6) is -1.41. The molecule has 1 unspecified atom stereocenters. The first-order valence-electron chi connectivity index (χ1n) is 10.9. The lowest BCUT2D eigenvalue weighted by molar-refractivity contribution is -0.117. The molecule has 0 saturated carbocycles. The van der Waals surface area contributed by atoms with Crippen LogP contribution in [0.25, 0.3) is 0 Å². The molecule has 2 N–H and O–H groups in total. The molecule has 1 amide bonds. The van der Waals surface area contributed by atoms with Gasteiger partial charge in [0.05, 0.1) is 28.1 Å². The number of hydrogen-bond acceptors (Lipinski definition) is 10. The molecule has 0 fully saturated rings. The summed E-state index contributed by atoms with van der Waals surface area (Å²) in [4.78, 5) is 28.5. The number of phenols is 1. The summed E-state index contributed by atoms with van der Waals surface area (Å²) in [6.45, 7) is 0. The summed E-state index contributed by atoms with van der Waals surface area (Å²) in [5, 5.41) is 32.3. The van der Waals surface area contributed by atoms with Crippen molar-refractivity contribution in [2.24, 2.45) is 0 Å². The van der Waals surface area contributed by atoms with E-state index in [1.54, 1.807) is 29.6 Å². The van der Waals surface area contributed by atoms with Gasteiger partial charge in [0, 0.05) is 10.8 Å². The maximum absolute atomic E-state index is 13.5. The molecule has 13 heteroatoms. The van der Waals surface area contributed by atoms with Crippen molar-refractivity contribution in [3.05, 3.63) is 90.7 Å². The van der Waals surface area contributed by atoms with Crippen molar-refractivity contribution in [1.29, 1.82) is 0 Å². The standard InChI is InChI=1S/C25H17BrClN3O5S3/c1-35-16-10-13(9-14(26)20(16)31)19-18(21(32)17-7-4-8-36-17)22(33)23(34)30(19)24-28-29-25(38-24)37-11-12-5-2-3-6-15(12)27/h2-10,19,31,33H,11H2,1H3. The van der Waals surface area contributed by atoms with E-state index in [4.69, 9.17) is 16.3 Å². The molecule has 1 aliphatic rings. The number of ether oxygens (including phenoxy) is 1. The summed E-state index contributed by atoms with van der Waals surface area (Å²) >= 11 is 13.3. The van der Waals surface area contributed by atoms with Crippen LogP contribution in [0.2, 0.25) is 5.02 Å². The lowest BCUT2D eigenvalue weighted by Gasteiger charge is -2.24. The van der Waals surface area contributed by atoms with Crippen LogP contribution in [0, 0.1) is 0 Å². The molecule has 0 saturated heterocycles. The Morgan fingerprint density at radius 3 is 2.71 bits per heavy atom. The average molecular weight is 651 g/mol. The van der Waals surface area contributed by atoms with Crippen LogP contribution in [0.4, 0.5) is 5.13 Å². The first-order valence-corrected chi connectivity index (χ1v) is 14.8. The van der Waals surface area contributed by atoms with E-state index < -0.39 is 23.5 Å². The number of carbonyl (C=O) groups is 2. The largest absolute Gasteiger partial charge is 0.503 e. The molecule has 1 atom stereocenters. The molecule has 0 spiro atoms. The number of aliphatic hydroxyl groups excluding tert-OH is 1. The molecule has 2 aromatic carbocycles. The number of aliphatic hydroxyl groups is 1. The van der Waals surface area contributed by atoms with Gasteiger partial charge in [-0.25, -0.2) is 0 Å². The van der Waals surface area contributed by atoms with Crippen LogP contribution in [-0.2, 0) is 10.5 Å². The normalized spacial score (nSPS) is 15.4. The van der Waals surface area contributed by atoms with Crippen LogP contribution in [0.1, 0.15) is 26.8 Å². The Bertz CT molecular complexity index is 1570. The number of aromatic hydroxyl groups is 1. The maximum atomic E-state index is 13.5. The third kappa shape index (κ3) is 4.94. The highest BCUT2D eigenvalue weighted by Gasteiger charge is 2.46. The van der Waals surface area contributed by atoms with Gasteiger partial charge in [-0.2, -0.15) is 0 Å². The molecule has 38 heavy (non-hydrogen) atoms. The molecule has 3 heterocycles. The average Bonchev–Trinajstić information content (AvgIpc) is 3.66. The number of thioether (sulfide) groups is 1. The molecule has 2 aromatic heterocycles. The quantitative estimate of drug-likeness (QED) is 0.122. The van der Waals surface area contributed by atoms with Gasteiger partial charge in [-0.05, 0) is 56.7 Å². The number of thiophene rings is 1. The van der Waals surface area contributed by atoms with Crippen LogP contribution in [-0.4, -0.2) is 39.2 Å². The molecular formula is C25H17BrClN3O5S3. The van der Waals surface area contributed by atoms with Crippen molar-refractivity contribution in [1.82, 2.24) is 10.2 Å². The minimum absolute atomic E-state index is 0.0995. The van der Waals surface area contributed by atoms with Gasteiger partial charge in [0.2, 0.25) is 10.9 Å². The summed E-state index contributed by atoms with van der Waals surface area (Å²) < 4.78 is 6.16. The second-order valence-electron chi connectivity index (χ2n) is 7.93. The summed E-state index contributed by atoms with van der Waals surface area (Å²) in [6, 6.07) is 12.8. The number of hydrogen-bond donors (Lipinski definition) is 2. The van der Waals surface area contributed by atoms with E-state index in [2.05, 4.69) is 26.1 Å². The Morgan fingerprint density at radius 2 is 2.00 bits per heavy atom. The Hall–Kier alpha value is -2.90. The summed E-state index contributed by atoms with van der Waals surface area (Å²) in [6.07, 6.45) is 0. The third-order valence-corrected chi connectivity index (χ3v) is 9.64. The van der Waals surface area contributed by atoms with E-state index >= 15 is 0 Å². The van der Waals surface area contributed by atoms with Crippen molar-refractivity contribution in [2.75, 3.05) is 12.0 Å². The minimum Gasteiger partial charge on any atom is -0.503 e. The van der Waals surface area contributed by atoms with Gasteiger partial charge in [0.15, 0.2) is 21.6 Å². The van der Waals surface area contributed by atoms with Gasteiger partial charge < -0.3 is 14.9 Å². The zero-order valence-electron chi connectivity index (χ0n) is 19.4. The highest BCUT2D eigenvalue weighted by atomic mass is 79.9. The predicted octanol–water partition coefficient (Wildman–Crippen LogP) is 6.80. The van der Waals surface area contributed by atoms with Crippen molar-refractivity contribution >= 4 is 78.8 Å². The molecule has 0 bridgehead atoms. The molecule has 0 aliphatic carbocycles. The molecule has 194 valence electrons. The first kappa shape index (κ1) is 26.7. The van der Waals surface area contributed by atoms with E-state index in [-0.39, 0.29) is 22.2 Å². The number of nitrogens with zero attached hydrogens (tertiary/aromatic N) is 3. The van der Waals surface area contributed by atoms with Gasteiger partial charge in [-0.1, -0.05) is 59.0 Å². The van der Waals surface area contributed by atoms with Crippen molar-refractivity contribution < 1.29 is 24.5 Å². The molecule has 4 aromatic rings. The van der Waals surface area contributed by atoms with Gasteiger partial charge >= 0.3 is 0 Å². The summed E-state index contributed by atoms with van der Waals surface area (Å²) in [5.41, 5.74) is 1.25. The Kier molecular flexibility index (Phi) is 7.78. The second kappa shape index (κ2) is 11.1. The van der Waals surface area contributed by atoms with E-state index in [9.17, 15) is 19.8 Å². The number of methoxy groups -OCH3 is 1. The second-order valence-corrected chi connectivity index (χ2v) is 12.3. The number of benzene rings is 2. The monoisotopic (exact) mass is 649 g/mol. The Morgan fingerprint density at radius 1 is 1.21 bits per heavy atom. The third-order valence-electron chi connectivity index (χ3n) is 5.70. The van der Waals surface area contributed by atoms with Crippen LogP contribution in [0.15, 0.2) is 74.1 Å². The van der Waals surface area contributed by atoms with Crippen molar-refractivity contribution in [3.63, 3.8) is 0 Å². The number of aromatic nitrogens is 2. The fraction of sp³-hybridized carbons (Fsp3) is 0.120. The lowest BCUT2D eigenvalue weighted by Crippen LogP contribution is -2.31. The smallest absolute Gasteiger partial charge is 0.296 e. The molecule has 8 nitrogen and oxygen atoms in total. The zero-order valence-corrected chi connectivity index (χ0v) is 24.2. The fourth-order valence-corrected chi connectivity index (χ4v) is 7.20. The lowest BCUT2D eigenvalue weighted by atomic mass is 9.95. The number of ketones is 1. The van der Waals surface area contributed by atoms with Gasteiger partial charge in [0.1, 0.15) is 0 Å². The minimum atomic E-state index is -1.04. The molecule has 0 radical (unpaired) electrons. The van der Waals surface area contributed by atoms with Crippen LogP contribution < -0.4 is 9.64 Å². The number of carbonyl (C=O) groups excluding carboxylic acids is 2. The molecular weight excluding hydrogens is 634 g/mol. The van der Waals surface area contributed by atoms with E-state index in [1.807, 2.05) is 18.2 Å². The van der Waals surface area contributed by atoms with Gasteiger partial charge in [0.25, 0.3) is 5.91 Å². The number of Topliss-reactive ketones (excluding diaryl/α,β-unsaturated/α-hetero) is 1. The van der Waals surface area contributed by atoms with Gasteiger partial charge in [-0.15, -0.1) is 21.5 Å². The highest BCUT2D eigenvalue weighted by molar-refractivity contribution is 9.10. The van der Waals surface area contributed by atoms with Crippen LogP contribution >= 0.6 is 62.0 Å². The number of amides is 1. The number of phenolic OH excluding ortho intramolecular Hbond substituents is 1. The number of anilines is 1. The highest BCUT2D eigenvalue weighted by Crippen LogP contribution is 2.47. The Balaban J connectivity index is 1.55. The fourth-order valence-electron chi connectivity index (χ4n) is 3.91. The van der Waals surface area contributed by atoms with Crippen LogP contribution in [0.3, 0.4) is 0 Å². The SMILES string of the molecule is COc1cc(C2C(C(=O)c3cccs3)=C(O)C(=O)N2c2nnc(SCc3ccccc3Cl)s2)cc(Br)c1O. The topological polar surface area (TPSA) is 113 Å². The van der Waals surface area contributed by atoms with Crippen molar-refractivity contribution in [2.45, 2.75) is 16.1 Å². The van der Waals surface area contributed by atoms with E-state index in [1.165, 1.54) is 41.2 Å². The number of rotatable bonds is 8. The maximum Gasteiger partial charge on any atom is 0.296 e. The number of halogens is 2. The zero-order chi connectivity index (χ0) is 27.0.